The van der Waals surface area contributed by atoms with Crippen LogP contribution in [0.3, 0.4) is 0 Å². The molecule has 0 fully saturated rings. The van der Waals surface area contributed by atoms with Crippen LogP contribution in [-0.2, 0) is 12.8 Å². The summed E-state index contributed by atoms with van der Waals surface area (Å²) in [7, 11) is 2.15. The Bertz CT molecular complexity index is 256. The molecule has 0 saturated carbocycles. The van der Waals surface area contributed by atoms with E-state index in [0.717, 1.165) is 31.1 Å². The fourth-order valence-corrected chi connectivity index (χ4v) is 2.36. The average molecular weight is 183 g/mol. The minimum absolute atomic E-state index is 0.726. The second kappa shape index (κ2) is 3.03. The normalized spacial score (nSPS) is 18.8. The Kier molecular flexibility index (Phi) is 2.02. The number of nitrogens with zero attached hydrogens (tertiary/aromatic N) is 2. The summed E-state index contributed by atoms with van der Waals surface area (Å²) in [6.45, 7) is 2.24. The Morgan fingerprint density at radius 1 is 1.42 bits per heavy atom. The van der Waals surface area contributed by atoms with Gasteiger partial charge in [-0.2, -0.15) is 0 Å². The van der Waals surface area contributed by atoms with Crippen molar-refractivity contribution in [3.8, 4) is 0 Å². The molecule has 0 atom stereocenters. The summed E-state index contributed by atoms with van der Waals surface area (Å²) in [6, 6.07) is 0. The molecular formula is C8H13N3S. The van der Waals surface area contributed by atoms with Crippen molar-refractivity contribution in [1.82, 2.24) is 9.88 Å². The van der Waals surface area contributed by atoms with E-state index in [4.69, 9.17) is 5.73 Å². The van der Waals surface area contributed by atoms with Gasteiger partial charge in [0.25, 0.3) is 0 Å². The van der Waals surface area contributed by atoms with E-state index in [0.29, 0.717) is 0 Å². The van der Waals surface area contributed by atoms with Gasteiger partial charge >= 0.3 is 0 Å². The predicted octanol–water partition coefficient (Wildman–Crippen LogP) is 0.756. The number of nitrogens with two attached hydrogens (primary N) is 1. The van der Waals surface area contributed by atoms with Crippen molar-refractivity contribution >= 4 is 16.5 Å². The Morgan fingerprint density at radius 2 is 2.17 bits per heavy atom. The second-order valence-corrected chi connectivity index (χ2v) is 4.34. The van der Waals surface area contributed by atoms with Crippen LogP contribution in [0.1, 0.15) is 10.6 Å². The molecule has 66 valence electrons. The summed E-state index contributed by atoms with van der Waals surface area (Å²) in [5.41, 5.74) is 6.86. The van der Waals surface area contributed by atoms with Crippen molar-refractivity contribution in [3.63, 3.8) is 0 Å². The zero-order chi connectivity index (χ0) is 8.55. The molecule has 0 unspecified atom stereocenters. The van der Waals surface area contributed by atoms with Crippen LogP contribution in [0.4, 0.5) is 5.13 Å². The molecule has 0 saturated heterocycles. The van der Waals surface area contributed by atoms with E-state index in [9.17, 15) is 0 Å². The highest BCUT2D eigenvalue weighted by molar-refractivity contribution is 7.15. The molecule has 3 nitrogen and oxygen atoms in total. The van der Waals surface area contributed by atoms with Crippen LogP contribution in [0.2, 0.25) is 0 Å². The first-order chi connectivity index (χ1) is 5.75. The van der Waals surface area contributed by atoms with E-state index >= 15 is 0 Å². The Labute approximate surface area is 76.2 Å². The first kappa shape index (κ1) is 8.01. The van der Waals surface area contributed by atoms with Gasteiger partial charge in [-0.05, 0) is 13.5 Å². The van der Waals surface area contributed by atoms with Crippen molar-refractivity contribution in [2.75, 3.05) is 25.9 Å². The summed E-state index contributed by atoms with van der Waals surface area (Å²) in [4.78, 5) is 8.04. The molecule has 0 amide bonds. The largest absolute Gasteiger partial charge is 0.375 e. The Balaban J connectivity index is 2.24. The smallest absolute Gasteiger partial charge is 0.180 e. The molecule has 2 rings (SSSR count). The maximum absolute atomic E-state index is 5.64. The number of fused-ring (bicyclic) bond motifs is 1. The van der Waals surface area contributed by atoms with Crippen molar-refractivity contribution < 1.29 is 0 Å². The van der Waals surface area contributed by atoms with Gasteiger partial charge in [0.05, 0.1) is 5.69 Å². The van der Waals surface area contributed by atoms with E-state index < -0.39 is 0 Å². The minimum atomic E-state index is 0.726. The standard InChI is InChI=1S/C8H13N3S/c1-11-4-2-6-7(3-5-11)12-8(9)10-6/h2-5H2,1H3,(H2,9,10). The van der Waals surface area contributed by atoms with Crippen LogP contribution in [0, 0.1) is 0 Å². The van der Waals surface area contributed by atoms with Crippen LogP contribution >= 0.6 is 11.3 Å². The third kappa shape index (κ3) is 1.44. The van der Waals surface area contributed by atoms with Gasteiger partial charge in [-0.3, -0.25) is 0 Å². The van der Waals surface area contributed by atoms with Crippen LogP contribution in [0.5, 0.6) is 0 Å². The summed E-state index contributed by atoms with van der Waals surface area (Å²) in [5, 5.41) is 0.726. The van der Waals surface area contributed by atoms with Crippen LogP contribution < -0.4 is 5.73 Å². The third-order valence-electron chi connectivity index (χ3n) is 2.25. The zero-order valence-corrected chi connectivity index (χ0v) is 8.02. The highest BCUT2D eigenvalue weighted by atomic mass is 32.1. The van der Waals surface area contributed by atoms with Gasteiger partial charge in [-0.15, -0.1) is 11.3 Å². The van der Waals surface area contributed by atoms with E-state index in [1.54, 1.807) is 11.3 Å². The number of thiazole rings is 1. The van der Waals surface area contributed by atoms with Crippen molar-refractivity contribution in [2.24, 2.45) is 0 Å². The zero-order valence-electron chi connectivity index (χ0n) is 7.21. The number of hydrogen-bond donors (Lipinski definition) is 1. The molecule has 1 aliphatic rings. The summed E-state index contributed by atoms with van der Waals surface area (Å²) in [5.74, 6) is 0. The quantitative estimate of drug-likeness (QED) is 0.645. The topological polar surface area (TPSA) is 42.2 Å². The van der Waals surface area contributed by atoms with Crippen molar-refractivity contribution in [1.29, 1.82) is 0 Å². The summed E-state index contributed by atoms with van der Waals surface area (Å²) >= 11 is 1.65. The summed E-state index contributed by atoms with van der Waals surface area (Å²) in [6.07, 6.45) is 2.17. The SMILES string of the molecule is CN1CCc2nc(N)sc2CC1. The lowest BCUT2D eigenvalue weighted by Crippen LogP contribution is -2.20. The number of rotatable bonds is 0. The minimum Gasteiger partial charge on any atom is -0.375 e. The second-order valence-electron chi connectivity index (χ2n) is 3.23. The fraction of sp³-hybridized carbons (Fsp3) is 0.625. The third-order valence-corrected chi connectivity index (χ3v) is 3.23. The van der Waals surface area contributed by atoms with Crippen molar-refractivity contribution in [2.45, 2.75) is 12.8 Å². The van der Waals surface area contributed by atoms with Crippen LogP contribution in [-0.4, -0.2) is 30.0 Å². The monoisotopic (exact) mass is 183 g/mol. The van der Waals surface area contributed by atoms with Gasteiger partial charge in [0.1, 0.15) is 0 Å². The highest BCUT2D eigenvalue weighted by Crippen LogP contribution is 2.23. The highest BCUT2D eigenvalue weighted by Gasteiger charge is 2.14. The molecule has 1 aromatic rings. The number of likely N-dealkylation sites (N-methyl/N-ethyl adjacent to an activating group) is 1. The van der Waals surface area contributed by atoms with Gasteiger partial charge < -0.3 is 10.6 Å². The average Bonchev–Trinajstić information content (AvgIpc) is 2.31. The van der Waals surface area contributed by atoms with E-state index in [2.05, 4.69) is 16.9 Å². The maximum atomic E-state index is 5.64. The first-order valence-corrected chi connectivity index (χ1v) is 5.00. The predicted molar refractivity (Wildman–Crippen MR) is 51.4 cm³/mol. The number of nitrogen functional groups attached to an aromatic ring is 1. The first-order valence-electron chi connectivity index (χ1n) is 4.18. The number of hydrogen-bond acceptors (Lipinski definition) is 4. The maximum Gasteiger partial charge on any atom is 0.180 e. The molecule has 12 heavy (non-hydrogen) atoms. The van der Waals surface area contributed by atoms with Gasteiger partial charge in [0.2, 0.25) is 0 Å². The molecule has 2 heterocycles. The number of aromatic nitrogens is 1. The lowest BCUT2D eigenvalue weighted by atomic mass is 10.2. The van der Waals surface area contributed by atoms with Crippen LogP contribution in [0.15, 0.2) is 0 Å². The van der Waals surface area contributed by atoms with Gasteiger partial charge in [-0.1, -0.05) is 0 Å². The molecule has 0 aliphatic carbocycles. The molecular weight excluding hydrogens is 170 g/mol. The van der Waals surface area contributed by atoms with Crippen molar-refractivity contribution in [3.05, 3.63) is 10.6 Å². The van der Waals surface area contributed by atoms with Gasteiger partial charge in [-0.25, -0.2) is 4.98 Å². The van der Waals surface area contributed by atoms with Gasteiger partial charge in [0, 0.05) is 24.4 Å². The molecule has 1 aliphatic heterocycles. The molecule has 0 aromatic carbocycles. The van der Waals surface area contributed by atoms with Gasteiger partial charge in [0.15, 0.2) is 5.13 Å². The molecule has 1 aromatic heterocycles. The summed E-state index contributed by atoms with van der Waals surface area (Å²) < 4.78 is 0. The fourth-order valence-electron chi connectivity index (χ4n) is 1.49. The Morgan fingerprint density at radius 3 is 3.00 bits per heavy atom. The van der Waals surface area contributed by atoms with Crippen LogP contribution in [0.25, 0.3) is 0 Å². The molecule has 0 spiro atoms. The van der Waals surface area contributed by atoms with E-state index in [1.165, 1.54) is 10.6 Å². The molecule has 4 heteroatoms. The Hall–Kier alpha value is -0.610. The molecule has 0 radical (unpaired) electrons. The van der Waals surface area contributed by atoms with E-state index in [1.807, 2.05) is 0 Å². The molecule has 2 N–H and O–H groups in total. The van der Waals surface area contributed by atoms with E-state index in [-0.39, 0.29) is 0 Å². The molecule has 0 bridgehead atoms. The number of anilines is 1. The lowest BCUT2D eigenvalue weighted by Gasteiger charge is -2.10. The lowest BCUT2D eigenvalue weighted by molar-refractivity contribution is 0.352.